The van der Waals surface area contributed by atoms with E-state index in [1.54, 1.807) is 0 Å². The van der Waals surface area contributed by atoms with Crippen molar-refractivity contribution in [1.29, 1.82) is 0 Å². The molecule has 2 nitrogen and oxygen atoms in total. The van der Waals surface area contributed by atoms with Gasteiger partial charge in [-0.05, 0) is 92.8 Å². The molecular formula is C19H32O2. The summed E-state index contributed by atoms with van der Waals surface area (Å²) in [6.45, 7) is 5.00. The van der Waals surface area contributed by atoms with Crippen LogP contribution in [-0.2, 0) is 0 Å². The number of aliphatic hydroxyl groups is 2. The maximum absolute atomic E-state index is 11.0. The van der Waals surface area contributed by atoms with Crippen LogP contribution in [0, 0.1) is 34.5 Å². The first-order valence-corrected chi connectivity index (χ1v) is 9.25. The molecule has 0 aliphatic heterocycles. The molecular weight excluding hydrogens is 260 g/mol. The molecule has 2 heteroatoms. The van der Waals surface area contributed by atoms with Gasteiger partial charge in [0.25, 0.3) is 0 Å². The number of hydrogen-bond acceptors (Lipinski definition) is 2. The minimum absolute atomic E-state index is 0.343. The van der Waals surface area contributed by atoms with Gasteiger partial charge in [-0.1, -0.05) is 13.3 Å². The Morgan fingerprint density at radius 1 is 0.952 bits per heavy atom. The van der Waals surface area contributed by atoms with Crippen molar-refractivity contribution in [2.45, 2.75) is 77.2 Å². The summed E-state index contributed by atoms with van der Waals surface area (Å²) in [5.74, 6) is 2.65. The highest BCUT2D eigenvalue weighted by Crippen LogP contribution is 2.71. The maximum Gasteiger partial charge on any atom is 0.0653 e. The van der Waals surface area contributed by atoms with Crippen LogP contribution < -0.4 is 0 Å². The number of rotatable bonds is 1. The normalized spacial score (nSPS) is 59.4. The lowest BCUT2D eigenvalue weighted by Crippen LogP contribution is -2.58. The third-order valence-electron chi connectivity index (χ3n) is 8.48. The largest absolute Gasteiger partial charge is 0.396 e. The molecule has 0 radical (unpaired) electrons. The zero-order chi connectivity index (χ0) is 14.9. The summed E-state index contributed by atoms with van der Waals surface area (Å²) in [4.78, 5) is 0. The Morgan fingerprint density at radius 2 is 1.76 bits per heavy atom. The van der Waals surface area contributed by atoms with E-state index in [0.717, 1.165) is 18.3 Å². The van der Waals surface area contributed by atoms with Crippen molar-refractivity contribution in [3.63, 3.8) is 0 Å². The second-order valence-corrected chi connectivity index (χ2v) is 9.41. The Hall–Kier alpha value is -0.0800. The lowest BCUT2D eigenvalue weighted by atomic mass is 9.43. The van der Waals surface area contributed by atoms with Gasteiger partial charge in [0.15, 0.2) is 0 Å². The minimum Gasteiger partial charge on any atom is -0.396 e. The number of aliphatic hydroxyl groups excluding tert-OH is 1. The van der Waals surface area contributed by atoms with Gasteiger partial charge in [0.1, 0.15) is 0 Å². The van der Waals surface area contributed by atoms with Gasteiger partial charge in [0, 0.05) is 6.61 Å². The third-order valence-corrected chi connectivity index (χ3v) is 8.48. The molecule has 4 aliphatic rings. The summed E-state index contributed by atoms with van der Waals surface area (Å²) in [7, 11) is 0. The van der Waals surface area contributed by atoms with E-state index in [4.69, 9.17) is 0 Å². The standard InChI is InChI=1S/C19H32O2/c1-17-7-3-8-18(2,21)15(17)6-9-19-10-13(4-5-16(17)19)14(11-19)12-20/h13-16,20-21H,3-12H2,1-2H3/t13-,14-,15+,16+,17+,18-,19+/m0/s1. The fourth-order valence-electron chi connectivity index (χ4n) is 7.77. The molecule has 0 aromatic rings. The molecule has 1 spiro atoms. The van der Waals surface area contributed by atoms with Crippen LogP contribution in [0.15, 0.2) is 0 Å². The van der Waals surface area contributed by atoms with Crippen molar-refractivity contribution in [1.82, 2.24) is 0 Å². The molecule has 0 amide bonds. The highest BCUT2D eigenvalue weighted by Gasteiger charge is 2.64. The van der Waals surface area contributed by atoms with Crippen molar-refractivity contribution in [2.24, 2.45) is 34.5 Å². The number of hydrogen-bond donors (Lipinski definition) is 2. The zero-order valence-electron chi connectivity index (χ0n) is 13.8. The molecule has 2 bridgehead atoms. The van der Waals surface area contributed by atoms with E-state index in [1.165, 1.54) is 51.4 Å². The average Bonchev–Trinajstić information content (AvgIpc) is 2.68. The van der Waals surface area contributed by atoms with E-state index in [9.17, 15) is 10.2 Å². The van der Waals surface area contributed by atoms with Crippen molar-refractivity contribution in [2.75, 3.05) is 6.61 Å². The lowest BCUT2D eigenvalue weighted by molar-refractivity contribution is -0.180. The second kappa shape index (κ2) is 4.47. The molecule has 4 rings (SSSR count). The first-order chi connectivity index (χ1) is 9.91. The smallest absolute Gasteiger partial charge is 0.0653 e. The van der Waals surface area contributed by atoms with Gasteiger partial charge in [-0.2, -0.15) is 0 Å². The van der Waals surface area contributed by atoms with Gasteiger partial charge in [-0.3, -0.25) is 0 Å². The topological polar surface area (TPSA) is 40.5 Å². The van der Waals surface area contributed by atoms with Crippen molar-refractivity contribution >= 4 is 0 Å². The van der Waals surface area contributed by atoms with Gasteiger partial charge < -0.3 is 10.2 Å². The molecule has 0 unspecified atom stereocenters. The molecule has 21 heavy (non-hydrogen) atoms. The molecule has 4 aliphatic carbocycles. The SMILES string of the molecule is C[C@@]12CCC[C@](C)(O)[C@@H]1CC[C@@]13C[C@@H](CO)[C@@H](CC[C@@H]12)C3. The van der Waals surface area contributed by atoms with E-state index < -0.39 is 5.60 Å². The molecule has 120 valence electrons. The van der Waals surface area contributed by atoms with Crippen LogP contribution in [0.3, 0.4) is 0 Å². The fourth-order valence-corrected chi connectivity index (χ4v) is 7.77. The van der Waals surface area contributed by atoms with Crippen molar-refractivity contribution in [3.8, 4) is 0 Å². The lowest BCUT2D eigenvalue weighted by Gasteiger charge is -2.63. The highest BCUT2D eigenvalue weighted by atomic mass is 16.3. The first kappa shape index (κ1) is 14.5. The first-order valence-electron chi connectivity index (χ1n) is 9.25. The van der Waals surface area contributed by atoms with Gasteiger partial charge >= 0.3 is 0 Å². The van der Waals surface area contributed by atoms with E-state index in [0.29, 0.717) is 29.3 Å². The molecule has 0 aromatic carbocycles. The summed E-state index contributed by atoms with van der Waals surface area (Å²) < 4.78 is 0. The van der Waals surface area contributed by atoms with Crippen LogP contribution in [0.2, 0.25) is 0 Å². The summed E-state index contributed by atoms with van der Waals surface area (Å²) in [6, 6.07) is 0. The molecule has 0 heterocycles. The Labute approximate surface area is 129 Å². The van der Waals surface area contributed by atoms with Crippen molar-refractivity contribution in [3.05, 3.63) is 0 Å². The summed E-state index contributed by atoms with van der Waals surface area (Å²) in [6.07, 6.45) is 11.3. The van der Waals surface area contributed by atoms with Crippen LogP contribution in [0.4, 0.5) is 0 Å². The molecule has 4 saturated carbocycles. The summed E-state index contributed by atoms with van der Waals surface area (Å²) in [5.41, 5.74) is 0.407. The van der Waals surface area contributed by atoms with E-state index in [-0.39, 0.29) is 0 Å². The van der Waals surface area contributed by atoms with E-state index >= 15 is 0 Å². The highest BCUT2D eigenvalue weighted by molar-refractivity contribution is 5.13. The molecule has 0 saturated heterocycles. The van der Waals surface area contributed by atoms with Gasteiger partial charge in [0.05, 0.1) is 5.60 Å². The Balaban J connectivity index is 1.70. The van der Waals surface area contributed by atoms with Crippen LogP contribution in [0.1, 0.15) is 71.6 Å². The predicted molar refractivity (Wildman–Crippen MR) is 83.8 cm³/mol. The third kappa shape index (κ3) is 1.84. The number of fused-ring (bicyclic) bond motifs is 3. The Bertz CT molecular complexity index is 431. The fraction of sp³-hybridized carbons (Fsp3) is 1.00. The minimum atomic E-state index is -0.444. The van der Waals surface area contributed by atoms with Crippen LogP contribution in [0.5, 0.6) is 0 Å². The van der Waals surface area contributed by atoms with Crippen LogP contribution in [-0.4, -0.2) is 22.4 Å². The van der Waals surface area contributed by atoms with Crippen molar-refractivity contribution < 1.29 is 10.2 Å². The average molecular weight is 292 g/mol. The van der Waals surface area contributed by atoms with Gasteiger partial charge in [0.2, 0.25) is 0 Å². The molecule has 2 N–H and O–H groups in total. The van der Waals surface area contributed by atoms with Crippen LogP contribution >= 0.6 is 0 Å². The predicted octanol–water partition coefficient (Wildman–Crippen LogP) is 3.75. The summed E-state index contributed by atoms with van der Waals surface area (Å²) in [5, 5.41) is 20.7. The quantitative estimate of drug-likeness (QED) is 0.772. The molecule has 4 fully saturated rings. The Kier molecular flexibility index (Phi) is 3.09. The zero-order valence-corrected chi connectivity index (χ0v) is 13.8. The van der Waals surface area contributed by atoms with Crippen LogP contribution in [0.25, 0.3) is 0 Å². The molecule has 7 atom stereocenters. The second-order valence-electron chi connectivity index (χ2n) is 9.41. The van der Waals surface area contributed by atoms with E-state index in [2.05, 4.69) is 13.8 Å². The van der Waals surface area contributed by atoms with E-state index in [1.807, 2.05) is 0 Å². The monoisotopic (exact) mass is 292 g/mol. The van der Waals surface area contributed by atoms with Gasteiger partial charge in [-0.25, -0.2) is 0 Å². The maximum atomic E-state index is 11.0. The van der Waals surface area contributed by atoms with Gasteiger partial charge in [-0.15, -0.1) is 0 Å². The molecule has 0 aromatic heterocycles. The Morgan fingerprint density at radius 3 is 2.52 bits per heavy atom. The summed E-state index contributed by atoms with van der Waals surface area (Å²) >= 11 is 0.